The van der Waals surface area contributed by atoms with E-state index in [4.69, 9.17) is 9.47 Å². The maximum Gasteiger partial charge on any atom is 0.262 e. The van der Waals surface area contributed by atoms with Gasteiger partial charge in [-0.15, -0.1) is 11.3 Å². The van der Waals surface area contributed by atoms with Crippen molar-refractivity contribution >= 4 is 27.5 Å². The Kier molecular flexibility index (Phi) is 4.31. The van der Waals surface area contributed by atoms with Gasteiger partial charge in [-0.2, -0.15) is 0 Å². The van der Waals surface area contributed by atoms with Crippen molar-refractivity contribution in [1.29, 1.82) is 0 Å². The van der Waals surface area contributed by atoms with Crippen LogP contribution < -0.4 is 20.3 Å². The molecular weight excluding hydrogens is 390 g/mol. The summed E-state index contributed by atoms with van der Waals surface area (Å²) in [5, 5.41) is 3.71. The van der Waals surface area contributed by atoms with Crippen LogP contribution in [0.2, 0.25) is 0 Å². The quantitative estimate of drug-likeness (QED) is 0.714. The van der Waals surface area contributed by atoms with Crippen LogP contribution in [0.5, 0.6) is 11.5 Å². The molecule has 0 radical (unpaired) electrons. The Morgan fingerprint density at radius 3 is 2.79 bits per heavy atom. The molecule has 2 aliphatic rings. The molecule has 0 bridgehead atoms. The molecule has 1 unspecified atom stereocenters. The van der Waals surface area contributed by atoms with Crippen molar-refractivity contribution in [3.8, 4) is 11.5 Å². The molecule has 3 aromatic rings. The van der Waals surface area contributed by atoms with E-state index >= 15 is 0 Å². The number of ether oxygens (including phenoxy) is 2. The standard InChI is InChI=1S/C21H21N3O4S/c1-11-16-20(22-10-24(2)21(16)26)29-18(11)19(25)23-17(12-3-4-12)13-5-6-14-15(9-13)28-8-7-27-14/h5-6,9-10,12,17H,3-4,7-8H2,1-2H3,(H,23,25). The summed E-state index contributed by atoms with van der Waals surface area (Å²) < 4.78 is 12.7. The highest BCUT2D eigenvalue weighted by molar-refractivity contribution is 7.20. The van der Waals surface area contributed by atoms with E-state index in [2.05, 4.69) is 10.3 Å². The maximum absolute atomic E-state index is 13.1. The molecule has 1 atom stereocenters. The first-order chi connectivity index (χ1) is 14.0. The van der Waals surface area contributed by atoms with Crippen LogP contribution in [0.1, 0.15) is 39.7 Å². The second-order valence-corrected chi connectivity index (χ2v) is 8.59. The van der Waals surface area contributed by atoms with E-state index in [9.17, 15) is 9.59 Å². The summed E-state index contributed by atoms with van der Waals surface area (Å²) in [5.41, 5.74) is 1.57. The van der Waals surface area contributed by atoms with Gasteiger partial charge in [0, 0.05) is 7.05 Å². The van der Waals surface area contributed by atoms with Crippen LogP contribution in [0.3, 0.4) is 0 Å². The third kappa shape index (κ3) is 3.17. The Balaban J connectivity index is 1.47. The number of hydrogen-bond donors (Lipinski definition) is 1. The van der Waals surface area contributed by atoms with Crippen LogP contribution in [0, 0.1) is 12.8 Å². The summed E-state index contributed by atoms with van der Waals surface area (Å²) in [6.45, 7) is 2.89. The van der Waals surface area contributed by atoms with Gasteiger partial charge in [-0.1, -0.05) is 6.07 Å². The molecule has 1 aliphatic heterocycles. The van der Waals surface area contributed by atoms with Gasteiger partial charge in [0.05, 0.1) is 22.6 Å². The van der Waals surface area contributed by atoms with Crippen molar-refractivity contribution < 1.29 is 14.3 Å². The smallest absolute Gasteiger partial charge is 0.262 e. The first-order valence-corrected chi connectivity index (χ1v) is 10.5. The average molecular weight is 411 g/mol. The zero-order chi connectivity index (χ0) is 20.1. The fraction of sp³-hybridized carbons (Fsp3) is 0.381. The number of aryl methyl sites for hydroxylation is 2. The highest BCUT2D eigenvalue weighted by Crippen LogP contribution is 2.43. The van der Waals surface area contributed by atoms with Gasteiger partial charge < -0.3 is 19.4 Å². The number of carbonyl (C=O) groups is 1. The highest BCUT2D eigenvalue weighted by atomic mass is 32.1. The Bertz CT molecular complexity index is 1180. The topological polar surface area (TPSA) is 82.4 Å². The van der Waals surface area contributed by atoms with Crippen LogP contribution in [-0.4, -0.2) is 28.7 Å². The lowest BCUT2D eigenvalue weighted by atomic mass is 10.0. The third-order valence-corrected chi connectivity index (χ3v) is 6.72. The van der Waals surface area contributed by atoms with Crippen molar-refractivity contribution in [2.75, 3.05) is 13.2 Å². The van der Waals surface area contributed by atoms with Crippen molar-refractivity contribution in [2.45, 2.75) is 25.8 Å². The van der Waals surface area contributed by atoms with Gasteiger partial charge in [0.2, 0.25) is 0 Å². The second kappa shape index (κ2) is 6.88. The number of aromatic nitrogens is 2. The van der Waals surface area contributed by atoms with E-state index in [1.165, 1.54) is 22.2 Å². The number of nitrogens with zero attached hydrogens (tertiary/aromatic N) is 2. The normalized spacial score (nSPS) is 16.6. The predicted octanol–water partition coefficient (Wildman–Crippen LogP) is 2.96. The summed E-state index contributed by atoms with van der Waals surface area (Å²) in [6.07, 6.45) is 3.64. The van der Waals surface area contributed by atoms with Crippen LogP contribution in [0.25, 0.3) is 10.2 Å². The lowest BCUT2D eigenvalue weighted by Crippen LogP contribution is -2.30. The van der Waals surface area contributed by atoms with E-state index in [0.717, 1.165) is 29.9 Å². The number of thiophene rings is 1. The Morgan fingerprint density at radius 2 is 2.03 bits per heavy atom. The van der Waals surface area contributed by atoms with Crippen molar-refractivity contribution in [1.82, 2.24) is 14.9 Å². The van der Waals surface area contributed by atoms with E-state index in [0.29, 0.717) is 39.8 Å². The van der Waals surface area contributed by atoms with E-state index in [-0.39, 0.29) is 17.5 Å². The minimum Gasteiger partial charge on any atom is -0.486 e. The van der Waals surface area contributed by atoms with Gasteiger partial charge in [0.15, 0.2) is 11.5 Å². The zero-order valence-electron chi connectivity index (χ0n) is 16.2. The molecule has 1 saturated carbocycles. The summed E-state index contributed by atoms with van der Waals surface area (Å²) in [5.74, 6) is 1.70. The number of rotatable bonds is 4. The minimum atomic E-state index is -0.167. The molecule has 7 nitrogen and oxygen atoms in total. The van der Waals surface area contributed by atoms with Gasteiger partial charge in [-0.25, -0.2) is 4.98 Å². The summed E-state index contributed by atoms with van der Waals surface area (Å²) in [6, 6.07) is 5.77. The number of amides is 1. The van der Waals surface area contributed by atoms with Gasteiger partial charge in [-0.05, 0) is 48.9 Å². The molecule has 5 rings (SSSR count). The summed E-state index contributed by atoms with van der Waals surface area (Å²) >= 11 is 1.27. The highest BCUT2D eigenvalue weighted by Gasteiger charge is 2.35. The Morgan fingerprint density at radius 1 is 1.28 bits per heavy atom. The van der Waals surface area contributed by atoms with Crippen LogP contribution in [0.15, 0.2) is 29.3 Å². The number of hydrogen-bond acceptors (Lipinski definition) is 6. The molecule has 150 valence electrons. The fourth-order valence-corrected chi connectivity index (χ4v) is 4.83. The number of fused-ring (bicyclic) bond motifs is 2. The first-order valence-electron chi connectivity index (χ1n) is 9.68. The summed E-state index contributed by atoms with van der Waals surface area (Å²) in [4.78, 5) is 31.0. The van der Waals surface area contributed by atoms with Crippen molar-refractivity contribution in [3.05, 3.63) is 50.9 Å². The molecule has 1 N–H and O–H groups in total. The fourth-order valence-electron chi connectivity index (χ4n) is 3.79. The second-order valence-electron chi connectivity index (χ2n) is 7.59. The molecule has 1 aromatic carbocycles. The first kappa shape index (κ1) is 18.2. The largest absolute Gasteiger partial charge is 0.486 e. The van der Waals surface area contributed by atoms with Crippen LogP contribution in [0.4, 0.5) is 0 Å². The number of benzene rings is 1. The molecule has 1 fully saturated rings. The molecule has 8 heteroatoms. The third-order valence-electron chi connectivity index (χ3n) is 5.52. The van der Waals surface area contributed by atoms with Crippen molar-refractivity contribution in [2.24, 2.45) is 13.0 Å². The molecular formula is C21H21N3O4S. The van der Waals surface area contributed by atoms with Gasteiger partial charge in [0.1, 0.15) is 18.0 Å². The molecule has 0 saturated heterocycles. The van der Waals surface area contributed by atoms with E-state index in [1.54, 1.807) is 7.05 Å². The maximum atomic E-state index is 13.1. The predicted molar refractivity (Wildman–Crippen MR) is 110 cm³/mol. The van der Waals surface area contributed by atoms with Gasteiger partial charge in [-0.3, -0.25) is 9.59 Å². The van der Waals surface area contributed by atoms with Crippen LogP contribution in [-0.2, 0) is 7.05 Å². The molecule has 29 heavy (non-hydrogen) atoms. The van der Waals surface area contributed by atoms with E-state index < -0.39 is 0 Å². The molecule has 1 amide bonds. The number of nitrogens with one attached hydrogen (secondary N) is 1. The lowest BCUT2D eigenvalue weighted by molar-refractivity contribution is 0.0935. The average Bonchev–Trinajstić information content (AvgIpc) is 3.51. The Labute approximate surface area is 171 Å². The lowest BCUT2D eigenvalue weighted by Gasteiger charge is -2.23. The van der Waals surface area contributed by atoms with Gasteiger partial charge >= 0.3 is 0 Å². The molecule has 0 spiro atoms. The monoisotopic (exact) mass is 411 g/mol. The van der Waals surface area contributed by atoms with Crippen LogP contribution >= 0.6 is 11.3 Å². The van der Waals surface area contributed by atoms with Crippen molar-refractivity contribution in [3.63, 3.8) is 0 Å². The molecule has 1 aliphatic carbocycles. The number of carbonyl (C=O) groups excluding carboxylic acids is 1. The van der Waals surface area contributed by atoms with E-state index in [1.807, 2.05) is 25.1 Å². The summed E-state index contributed by atoms with van der Waals surface area (Å²) in [7, 11) is 1.66. The van der Waals surface area contributed by atoms with Gasteiger partial charge in [0.25, 0.3) is 11.5 Å². The zero-order valence-corrected chi connectivity index (χ0v) is 17.0. The minimum absolute atomic E-state index is 0.0984. The SMILES string of the molecule is Cc1c(C(=O)NC(c2ccc3c(c2)OCCO3)C2CC2)sc2ncn(C)c(=O)c12. The molecule has 2 aromatic heterocycles. The Hall–Kier alpha value is -2.87. The molecule has 3 heterocycles.